The molecule has 0 saturated carbocycles. The maximum atomic E-state index is 14.0. The van der Waals surface area contributed by atoms with Crippen LogP contribution in [-0.2, 0) is 20.8 Å². The number of carbonyl (C=O) groups is 3. The van der Waals surface area contributed by atoms with Gasteiger partial charge in [0.05, 0.1) is 6.04 Å². The number of benzene rings is 3. The Morgan fingerprint density at radius 1 is 1.00 bits per heavy atom. The topological polar surface area (TPSA) is 112 Å². The quantitative estimate of drug-likeness (QED) is 0.394. The van der Waals surface area contributed by atoms with E-state index in [1.54, 1.807) is 29.2 Å². The summed E-state index contributed by atoms with van der Waals surface area (Å²) >= 11 is 0. The van der Waals surface area contributed by atoms with Crippen molar-refractivity contribution in [1.29, 1.82) is 0 Å². The number of H-pyrrole nitrogens is 1. The number of carboxylic acid groups (broad SMARTS) is 1. The van der Waals surface area contributed by atoms with E-state index in [2.05, 4.69) is 4.98 Å². The van der Waals surface area contributed by atoms with Crippen molar-refractivity contribution in [2.45, 2.75) is 18.5 Å². The predicted molar refractivity (Wildman–Crippen MR) is 143 cm³/mol. The molecule has 2 N–H and O–H groups in total. The molecular weight excluding hydrogens is 498 g/mol. The minimum absolute atomic E-state index is 0.101. The summed E-state index contributed by atoms with van der Waals surface area (Å²) in [4.78, 5) is 45.4. The number of anilines is 1. The zero-order valence-electron chi connectivity index (χ0n) is 20.7. The van der Waals surface area contributed by atoms with E-state index in [-0.39, 0.29) is 25.2 Å². The van der Waals surface area contributed by atoms with Crippen molar-refractivity contribution in [2.24, 2.45) is 0 Å². The third kappa shape index (κ3) is 3.73. The second-order valence-electron chi connectivity index (χ2n) is 9.79. The van der Waals surface area contributed by atoms with E-state index in [9.17, 15) is 14.4 Å². The number of para-hydroxylation sites is 1. The Morgan fingerprint density at radius 3 is 2.62 bits per heavy atom. The molecule has 9 nitrogen and oxygen atoms in total. The van der Waals surface area contributed by atoms with Crippen molar-refractivity contribution < 1.29 is 29.0 Å². The predicted octanol–water partition coefficient (Wildman–Crippen LogP) is 3.88. The highest BCUT2D eigenvalue weighted by Gasteiger charge is 2.48. The monoisotopic (exact) mass is 521 g/mol. The summed E-state index contributed by atoms with van der Waals surface area (Å²) in [5, 5.41) is 9.91. The number of piperazine rings is 1. The lowest BCUT2D eigenvalue weighted by Crippen LogP contribution is -2.63. The molecular formula is C30H23N3O6. The average Bonchev–Trinajstić information content (AvgIpc) is 3.57. The number of aliphatic carboxylic acids is 1. The van der Waals surface area contributed by atoms with Crippen LogP contribution in [0.2, 0.25) is 0 Å². The number of carbonyl (C=O) groups excluding carboxylic acids is 2. The number of hydrogen-bond donors (Lipinski definition) is 2. The minimum atomic E-state index is -1.04. The Bertz CT molecular complexity index is 1690. The molecule has 7 rings (SSSR count). The Labute approximate surface area is 222 Å². The van der Waals surface area contributed by atoms with Gasteiger partial charge in [-0.1, -0.05) is 36.4 Å². The number of nitrogens with one attached hydrogen (secondary N) is 1. The molecule has 1 fully saturated rings. The number of fused-ring (bicyclic) bond motifs is 5. The first-order chi connectivity index (χ1) is 19.0. The van der Waals surface area contributed by atoms with Gasteiger partial charge in [0.2, 0.25) is 12.7 Å². The third-order valence-electron chi connectivity index (χ3n) is 7.60. The van der Waals surface area contributed by atoms with Gasteiger partial charge in [-0.25, -0.2) is 4.79 Å². The van der Waals surface area contributed by atoms with Gasteiger partial charge in [-0.15, -0.1) is 0 Å². The van der Waals surface area contributed by atoms with Crippen molar-refractivity contribution >= 4 is 40.4 Å². The van der Waals surface area contributed by atoms with E-state index in [1.807, 2.05) is 42.5 Å². The fraction of sp³-hybridized carbons (Fsp3) is 0.167. The number of carboxylic acids is 1. The smallest absolute Gasteiger partial charge is 0.328 e. The highest BCUT2D eigenvalue weighted by Crippen LogP contribution is 2.45. The van der Waals surface area contributed by atoms with Crippen LogP contribution >= 0.6 is 0 Å². The zero-order valence-corrected chi connectivity index (χ0v) is 20.7. The second kappa shape index (κ2) is 8.76. The van der Waals surface area contributed by atoms with Gasteiger partial charge in [0.1, 0.15) is 12.6 Å². The van der Waals surface area contributed by atoms with Gasteiger partial charge in [0.15, 0.2) is 11.5 Å². The highest BCUT2D eigenvalue weighted by atomic mass is 16.7. The summed E-state index contributed by atoms with van der Waals surface area (Å²) in [7, 11) is 0. The van der Waals surface area contributed by atoms with Crippen LogP contribution in [0.25, 0.3) is 17.0 Å². The Hall–Kier alpha value is -5.05. The maximum absolute atomic E-state index is 14.0. The summed E-state index contributed by atoms with van der Waals surface area (Å²) in [6, 6.07) is 19.3. The van der Waals surface area contributed by atoms with E-state index in [4.69, 9.17) is 14.6 Å². The number of amides is 2. The standard InChI is InChI=1S/C30H23N3O6/c34-26-15-32(19-9-5-17(6-10-19)7-12-27(35)36)30(37)23-14-21-20-3-1-2-4-22(20)31-28(21)29(33(23)26)18-8-11-24-25(13-18)39-16-38-24/h1-13,23,29,31H,14-16H2,(H,35,36). The van der Waals surface area contributed by atoms with Crippen LogP contribution in [0.4, 0.5) is 5.69 Å². The maximum Gasteiger partial charge on any atom is 0.328 e. The fourth-order valence-corrected chi connectivity index (χ4v) is 5.85. The molecule has 3 aliphatic rings. The van der Waals surface area contributed by atoms with Gasteiger partial charge in [-0.2, -0.15) is 0 Å². The molecule has 4 aromatic rings. The molecule has 2 amide bonds. The zero-order chi connectivity index (χ0) is 26.7. The molecule has 2 unspecified atom stereocenters. The molecule has 1 saturated heterocycles. The van der Waals surface area contributed by atoms with Crippen molar-refractivity contribution in [3.63, 3.8) is 0 Å². The van der Waals surface area contributed by atoms with Crippen molar-refractivity contribution in [3.8, 4) is 11.5 Å². The van der Waals surface area contributed by atoms with E-state index in [1.165, 1.54) is 11.0 Å². The van der Waals surface area contributed by atoms with Gasteiger partial charge >= 0.3 is 5.97 Å². The molecule has 4 heterocycles. The number of nitrogens with zero attached hydrogens (tertiary/aromatic N) is 2. The van der Waals surface area contributed by atoms with E-state index in [0.717, 1.165) is 33.8 Å². The normalized spacial score (nSPS) is 20.0. The lowest BCUT2D eigenvalue weighted by Gasteiger charge is -2.47. The molecule has 0 aliphatic carbocycles. The van der Waals surface area contributed by atoms with Crippen molar-refractivity contribution in [3.05, 3.63) is 95.2 Å². The van der Waals surface area contributed by atoms with Gasteiger partial charge in [-0.3, -0.25) is 9.59 Å². The molecule has 39 heavy (non-hydrogen) atoms. The molecule has 0 spiro atoms. The van der Waals surface area contributed by atoms with Gasteiger partial charge in [0, 0.05) is 34.8 Å². The van der Waals surface area contributed by atoms with Crippen LogP contribution in [0.15, 0.2) is 72.8 Å². The van der Waals surface area contributed by atoms with Gasteiger partial charge in [0.25, 0.3) is 5.91 Å². The Balaban J connectivity index is 1.30. The van der Waals surface area contributed by atoms with Crippen LogP contribution in [0.3, 0.4) is 0 Å². The van der Waals surface area contributed by atoms with Crippen LogP contribution in [0, 0.1) is 0 Å². The number of aromatic nitrogens is 1. The van der Waals surface area contributed by atoms with Gasteiger partial charge < -0.3 is 29.4 Å². The number of rotatable bonds is 4. The lowest BCUT2D eigenvalue weighted by atomic mass is 9.86. The molecule has 3 aromatic carbocycles. The molecule has 3 aliphatic heterocycles. The third-order valence-corrected chi connectivity index (χ3v) is 7.60. The number of hydrogen-bond acceptors (Lipinski definition) is 5. The summed E-state index contributed by atoms with van der Waals surface area (Å²) in [6.07, 6.45) is 2.92. The molecule has 9 heteroatoms. The fourth-order valence-electron chi connectivity index (χ4n) is 5.85. The largest absolute Gasteiger partial charge is 0.478 e. The number of aromatic amines is 1. The van der Waals surface area contributed by atoms with Crippen molar-refractivity contribution in [1.82, 2.24) is 9.88 Å². The van der Waals surface area contributed by atoms with Crippen LogP contribution in [0.5, 0.6) is 11.5 Å². The van der Waals surface area contributed by atoms with E-state index < -0.39 is 18.1 Å². The molecule has 1 aromatic heterocycles. The molecule has 2 atom stereocenters. The van der Waals surface area contributed by atoms with Crippen LogP contribution < -0.4 is 14.4 Å². The minimum Gasteiger partial charge on any atom is -0.478 e. The molecule has 0 radical (unpaired) electrons. The van der Waals surface area contributed by atoms with Crippen LogP contribution in [0.1, 0.15) is 28.4 Å². The Kier molecular flexibility index (Phi) is 5.19. The summed E-state index contributed by atoms with van der Waals surface area (Å²) < 4.78 is 11.1. The summed E-state index contributed by atoms with van der Waals surface area (Å²) in [5.74, 6) is -0.105. The van der Waals surface area contributed by atoms with Gasteiger partial charge in [-0.05, 0) is 53.1 Å². The first-order valence-corrected chi connectivity index (χ1v) is 12.6. The highest BCUT2D eigenvalue weighted by molar-refractivity contribution is 6.08. The average molecular weight is 522 g/mol. The first kappa shape index (κ1) is 23.1. The SMILES string of the molecule is O=C(O)C=Cc1ccc(N2CC(=O)N3C(Cc4c([nH]c5ccccc45)C3c3ccc4c(c3)OCO4)C2=O)cc1. The number of ether oxygens (including phenoxy) is 2. The Morgan fingerprint density at radius 2 is 1.79 bits per heavy atom. The van der Waals surface area contributed by atoms with E-state index >= 15 is 0 Å². The second-order valence-corrected chi connectivity index (χ2v) is 9.79. The summed E-state index contributed by atoms with van der Waals surface area (Å²) in [5.41, 5.74) is 4.98. The molecule has 0 bridgehead atoms. The lowest BCUT2D eigenvalue weighted by molar-refractivity contribution is -0.145. The summed E-state index contributed by atoms with van der Waals surface area (Å²) in [6.45, 7) is 0.0426. The van der Waals surface area contributed by atoms with E-state index in [0.29, 0.717) is 29.2 Å². The van der Waals surface area contributed by atoms with Crippen molar-refractivity contribution in [2.75, 3.05) is 18.2 Å². The van der Waals surface area contributed by atoms with Crippen LogP contribution in [-0.4, -0.2) is 52.2 Å². The molecule has 194 valence electrons. The first-order valence-electron chi connectivity index (χ1n) is 12.6.